The molecule has 0 amide bonds. The summed E-state index contributed by atoms with van der Waals surface area (Å²) < 4.78 is 115. The summed E-state index contributed by atoms with van der Waals surface area (Å²) in [6.07, 6.45) is -7.85. The first-order chi connectivity index (χ1) is 12.7. The molecule has 28 heavy (non-hydrogen) atoms. The number of alkyl halides is 9. The predicted molar refractivity (Wildman–Crippen MR) is 85.7 cm³/mol. The van der Waals surface area contributed by atoms with Crippen molar-refractivity contribution in [1.29, 1.82) is 5.26 Å². The SMILES string of the molecule is CC.N#CC(SCCC(F)(F)C(F)(F)C(F)(F)C(F)(F)F)C1CCC(=O)CC1. The first kappa shape index (κ1) is 26.9. The molecule has 0 heterocycles. The minimum absolute atomic E-state index is 0.0384. The average Bonchev–Trinajstić information content (AvgIpc) is 2.60. The number of Topliss-reactive ketones (excluding diaryl/α,β-unsaturated/α-hetero) is 1. The largest absolute Gasteiger partial charge is 0.460 e. The summed E-state index contributed by atoms with van der Waals surface area (Å²) in [6.45, 7) is 4.00. The van der Waals surface area contributed by atoms with Gasteiger partial charge in [0.15, 0.2) is 0 Å². The average molecular weight is 445 g/mol. The summed E-state index contributed by atoms with van der Waals surface area (Å²) in [4.78, 5) is 11.1. The number of hydrogen-bond acceptors (Lipinski definition) is 3. The Morgan fingerprint density at radius 1 is 1.00 bits per heavy atom. The molecule has 1 atom stereocenters. The van der Waals surface area contributed by atoms with Gasteiger partial charge in [-0.1, -0.05) is 13.8 Å². The van der Waals surface area contributed by atoms with Crippen molar-refractivity contribution in [3.63, 3.8) is 0 Å². The second-order valence-electron chi connectivity index (χ2n) is 5.90. The summed E-state index contributed by atoms with van der Waals surface area (Å²) in [5.41, 5.74) is 0. The van der Waals surface area contributed by atoms with Crippen LogP contribution in [0.3, 0.4) is 0 Å². The third-order valence-corrected chi connectivity index (χ3v) is 5.36. The molecule has 2 nitrogen and oxygen atoms in total. The van der Waals surface area contributed by atoms with Gasteiger partial charge in [0, 0.05) is 25.0 Å². The molecule has 1 aliphatic carbocycles. The minimum atomic E-state index is -6.90. The van der Waals surface area contributed by atoms with Gasteiger partial charge in [-0.25, -0.2) is 0 Å². The maximum atomic E-state index is 13.4. The van der Waals surface area contributed by atoms with Crippen molar-refractivity contribution < 1.29 is 44.3 Å². The van der Waals surface area contributed by atoms with Crippen LogP contribution in [-0.2, 0) is 4.79 Å². The quantitative estimate of drug-likeness (QED) is 0.435. The van der Waals surface area contributed by atoms with Crippen LogP contribution in [0, 0.1) is 17.2 Å². The molecule has 0 saturated heterocycles. The Morgan fingerprint density at radius 3 is 1.86 bits per heavy atom. The van der Waals surface area contributed by atoms with Crippen LogP contribution in [0.25, 0.3) is 0 Å². The zero-order chi connectivity index (χ0) is 22.4. The molecule has 0 aliphatic heterocycles. The van der Waals surface area contributed by atoms with Gasteiger partial charge in [-0.3, -0.25) is 4.79 Å². The third-order valence-electron chi connectivity index (χ3n) is 4.07. The molecule has 0 aromatic carbocycles. The summed E-state index contributed by atoms with van der Waals surface area (Å²) in [7, 11) is 0. The Bertz CT molecular complexity index is 547. The number of nitrogens with zero attached hydrogens (tertiary/aromatic N) is 1. The lowest BCUT2D eigenvalue weighted by Gasteiger charge is -2.34. The highest BCUT2D eigenvalue weighted by Crippen LogP contribution is 2.54. The number of carbonyl (C=O) groups excluding carboxylic acids is 1. The lowest BCUT2D eigenvalue weighted by atomic mass is 9.86. The molecule has 0 aromatic rings. The van der Waals surface area contributed by atoms with E-state index in [1.165, 1.54) is 0 Å². The van der Waals surface area contributed by atoms with Crippen molar-refractivity contribution in [2.24, 2.45) is 5.92 Å². The molecule has 0 N–H and O–H groups in total. The molecule has 1 rings (SSSR count). The Morgan fingerprint density at radius 2 is 1.46 bits per heavy atom. The van der Waals surface area contributed by atoms with E-state index in [1.54, 1.807) is 6.07 Å². The number of carbonyl (C=O) groups is 1. The molecule has 0 radical (unpaired) electrons. The van der Waals surface area contributed by atoms with Gasteiger partial charge in [0.2, 0.25) is 0 Å². The van der Waals surface area contributed by atoms with Crippen molar-refractivity contribution in [2.75, 3.05) is 5.75 Å². The van der Waals surface area contributed by atoms with Crippen LogP contribution in [0.15, 0.2) is 0 Å². The van der Waals surface area contributed by atoms with Crippen LogP contribution >= 0.6 is 11.8 Å². The highest BCUT2D eigenvalue weighted by atomic mass is 32.2. The zero-order valence-corrected chi connectivity index (χ0v) is 15.9. The smallest absolute Gasteiger partial charge is 0.300 e. The summed E-state index contributed by atoms with van der Waals surface area (Å²) in [5, 5.41) is 8.06. The number of ketones is 1. The van der Waals surface area contributed by atoms with Crippen molar-refractivity contribution in [3.8, 4) is 6.07 Å². The molecular formula is C16H20F9NOS. The highest BCUT2D eigenvalue weighted by Gasteiger charge is 2.81. The fourth-order valence-electron chi connectivity index (χ4n) is 2.42. The van der Waals surface area contributed by atoms with Crippen molar-refractivity contribution >= 4 is 17.5 Å². The Kier molecular flexibility index (Phi) is 9.67. The zero-order valence-electron chi connectivity index (χ0n) is 15.1. The standard InChI is InChI=1S/C14H14F9NOS.C2H6/c15-11(16,12(17,18)13(19,20)14(21,22)23)5-6-26-10(7-24)8-1-3-9(25)4-2-8;1-2/h8,10H,1-6H2;1-2H3. The van der Waals surface area contributed by atoms with Crippen molar-refractivity contribution in [3.05, 3.63) is 0 Å². The lowest BCUT2D eigenvalue weighted by molar-refractivity contribution is -0.396. The molecule has 12 heteroatoms. The monoisotopic (exact) mass is 445 g/mol. The molecule has 0 bridgehead atoms. The third kappa shape index (κ3) is 5.94. The Hall–Kier alpha value is -1.12. The van der Waals surface area contributed by atoms with E-state index in [4.69, 9.17) is 5.26 Å². The van der Waals surface area contributed by atoms with E-state index in [-0.39, 0.29) is 24.5 Å². The maximum Gasteiger partial charge on any atom is 0.460 e. The van der Waals surface area contributed by atoms with Gasteiger partial charge < -0.3 is 0 Å². The fraction of sp³-hybridized carbons (Fsp3) is 0.875. The van der Waals surface area contributed by atoms with E-state index in [9.17, 15) is 44.3 Å². The summed E-state index contributed by atoms with van der Waals surface area (Å²) in [6, 6.07) is 1.76. The van der Waals surface area contributed by atoms with Crippen molar-refractivity contribution in [1.82, 2.24) is 0 Å². The number of halogens is 9. The van der Waals surface area contributed by atoms with E-state index >= 15 is 0 Å². The normalized spacial score (nSPS) is 18.1. The second-order valence-corrected chi connectivity index (χ2v) is 7.15. The number of thioether (sulfide) groups is 1. The predicted octanol–water partition coefficient (Wildman–Crippen LogP) is 6.26. The Labute approximate surface area is 160 Å². The van der Waals surface area contributed by atoms with Crippen LogP contribution in [0.5, 0.6) is 0 Å². The van der Waals surface area contributed by atoms with Crippen LogP contribution in [0.4, 0.5) is 39.5 Å². The van der Waals surface area contributed by atoms with Gasteiger partial charge in [-0.2, -0.15) is 44.8 Å². The van der Waals surface area contributed by atoms with Gasteiger partial charge in [-0.15, -0.1) is 11.8 Å². The van der Waals surface area contributed by atoms with Crippen LogP contribution in [0.1, 0.15) is 46.0 Å². The van der Waals surface area contributed by atoms with E-state index in [1.807, 2.05) is 13.8 Å². The summed E-state index contributed by atoms with van der Waals surface area (Å²) in [5.74, 6) is -20.5. The van der Waals surface area contributed by atoms with Gasteiger partial charge >= 0.3 is 23.9 Å². The maximum absolute atomic E-state index is 13.4. The van der Waals surface area contributed by atoms with Crippen LogP contribution in [-0.4, -0.2) is 40.7 Å². The van der Waals surface area contributed by atoms with Gasteiger partial charge in [0.25, 0.3) is 0 Å². The first-order valence-electron chi connectivity index (χ1n) is 8.40. The first-order valence-corrected chi connectivity index (χ1v) is 9.45. The lowest BCUT2D eigenvalue weighted by Crippen LogP contribution is -2.60. The molecule has 1 fully saturated rings. The van der Waals surface area contributed by atoms with Gasteiger partial charge in [-0.05, 0) is 18.8 Å². The van der Waals surface area contributed by atoms with Crippen molar-refractivity contribution in [2.45, 2.75) is 75.1 Å². The van der Waals surface area contributed by atoms with Gasteiger partial charge in [0.05, 0.1) is 11.3 Å². The van der Waals surface area contributed by atoms with E-state index in [2.05, 4.69) is 0 Å². The topological polar surface area (TPSA) is 40.9 Å². The molecule has 1 unspecified atom stereocenters. The minimum Gasteiger partial charge on any atom is -0.300 e. The van der Waals surface area contributed by atoms with E-state index < -0.39 is 41.4 Å². The van der Waals surface area contributed by atoms with E-state index in [0.29, 0.717) is 24.6 Å². The molecule has 1 saturated carbocycles. The van der Waals surface area contributed by atoms with Crippen LogP contribution < -0.4 is 0 Å². The van der Waals surface area contributed by atoms with Gasteiger partial charge in [0.1, 0.15) is 5.78 Å². The number of hydrogen-bond donors (Lipinski definition) is 0. The summed E-state index contributed by atoms with van der Waals surface area (Å²) >= 11 is 0.479. The number of rotatable bonds is 7. The van der Waals surface area contributed by atoms with Crippen LogP contribution in [0.2, 0.25) is 0 Å². The second kappa shape index (κ2) is 10.1. The molecule has 0 aromatic heterocycles. The molecule has 164 valence electrons. The molecular weight excluding hydrogens is 425 g/mol. The number of nitriles is 1. The van der Waals surface area contributed by atoms with E-state index in [0.717, 1.165) is 0 Å². The molecule has 0 spiro atoms. The fourth-order valence-corrected chi connectivity index (χ4v) is 3.67. The highest BCUT2D eigenvalue weighted by molar-refractivity contribution is 8.00. The molecule has 1 aliphatic rings. The Balaban J connectivity index is 0.00000352.